The quantitative estimate of drug-likeness (QED) is 0.441. The third-order valence-electron chi connectivity index (χ3n) is 5.91. The summed E-state index contributed by atoms with van der Waals surface area (Å²) < 4.78 is 34.7. The number of carboxylic acid groups (broad SMARTS) is 1. The molecular formula is C23H24ClF2N5O3. The van der Waals surface area contributed by atoms with Crippen LogP contribution in [-0.4, -0.2) is 49.3 Å². The molecular weight excluding hydrogens is 468 g/mol. The van der Waals surface area contributed by atoms with Gasteiger partial charge in [0, 0.05) is 49.3 Å². The number of carbonyl (C=O) groups is 1. The van der Waals surface area contributed by atoms with E-state index < -0.39 is 29.1 Å². The predicted octanol–water partition coefficient (Wildman–Crippen LogP) is 4.68. The lowest BCUT2D eigenvalue weighted by Crippen LogP contribution is -2.56. The first-order valence-electron chi connectivity index (χ1n) is 10.7. The van der Waals surface area contributed by atoms with E-state index in [1.807, 2.05) is 18.7 Å². The molecule has 11 heteroatoms. The first kappa shape index (κ1) is 23.9. The van der Waals surface area contributed by atoms with E-state index in [9.17, 15) is 18.7 Å². The molecule has 3 heterocycles. The number of hydrogen-bond donors (Lipinski definition) is 3. The zero-order valence-electron chi connectivity index (χ0n) is 18.6. The smallest absolute Gasteiger partial charge is 0.348 e. The Balaban J connectivity index is 1.52. The summed E-state index contributed by atoms with van der Waals surface area (Å²) in [5, 5.41) is 19.8. The number of nitrogens with zero attached hydrogens (tertiary/aromatic N) is 3. The molecule has 0 amide bonds. The van der Waals surface area contributed by atoms with Gasteiger partial charge in [0.25, 0.3) is 5.88 Å². The van der Waals surface area contributed by atoms with Crippen LogP contribution in [-0.2, 0) is 11.3 Å². The molecule has 2 atom stereocenters. The fourth-order valence-electron chi connectivity index (χ4n) is 4.07. The molecule has 1 fully saturated rings. The third-order valence-corrected chi connectivity index (χ3v) is 6.21. The summed E-state index contributed by atoms with van der Waals surface area (Å²) in [5.41, 5.74) is -0.439. The van der Waals surface area contributed by atoms with Crippen molar-refractivity contribution >= 4 is 29.2 Å². The van der Waals surface area contributed by atoms with E-state index in [1.54, 1.807) is 18.2 Å². The number of aryl methyl sites for hydroxylation is 1. The van der Waals surface area contributed by atoms with Crippen LogP contribution in [0.3, 0.4) is 0 Å². The van der Waals surface area contributed by atoms with Crippen LogP contribution in [0.2, 0.25) is 5.02 Å². The van der Waals surface area contributed by atoms with Crippen LogP contribution >= 0.6 is 11.6 Å². The van der Waals surface area contributed by atoms with E-state index >= 15 is 0 Å². The third kappa shape index (κ3) is 4.97. The number of ether oxygens (including phenoxy) is 1. The topological polar surface area (TPSA) is 103 Å². The summed E-state index contributed by atoms with van der Waals surface area (Å²) in [4.78, 5) is 18.4. The number of carboxylic acids is 1. The largest absolute Gasteiger partial charge is 0.478 e. The molecule has 1 aromatic carbocycles. The Morgan fingerprint density at radius 3 is 2.82 bits per heavy atom. The van der Waals surface area contributed by atoms with Gasteiger partial charge in [-0.2, -0.15) is 10.1 Å². The maximum Gasteiger partial charge on any atom is 0.348 e. The molecule has 1 aliphatic heterocycles. The Morgan fingerprint density at radius 2 is 2.15 bits per heavy atom. The minimum atomic E-state index is -1.68. The van der Waals surface area contributed by atoms with Crippen LogP contribution in [0.4, 0.5) is 20.4 Å². The number of rotatable bonds is 7. The van der Waals surface area contributed by atoms with E-state index in [1.165, 1.54) is 12.1 Å². The Hall–Kier alpha value is -3.24. The second-order valence-electron chi connectivity index (χ2n) is 8.43. The molecule has 180 valence electrons. The highest BCUT2D eigenvalue weighted by Crippen LogP contribution is 2.34. The van der Waals surface area contributed by atoms with Gasteiger partial charge in [-0.3, -0.25) is 10.00 Å². The molecule has 1 aliphatic rings. The Morgan fingerprint density at radius 1 is 1.35 bits per heavy atom. The van der Waals surface area contributed by atoms with Gasteiger partial charge in [-0.05, 0) is 32.0 Å². The van der Waals surface area contributed by atoms with Crippen molar-refractivity contribution in [1.82, 2.24) is 20.1 Å². The number of hydrogen-bond acceptors (Lipinski definition) is 6. The van der Waals surface area contributed by atoms with Crippen LogP contribution in [0.5, 0.6) is 5.88 Å². The number of aromatic nitrogens is 3. The average molecular weight is 492 g/mol. The first-order chi connectivity index (χ1) is 16.2. The lowest BCUT2D eigenvalue weighted by atomic mass is 9.86. The Bertz CT molecular complexity index is 1210. The van der Waals surface area contributed by atoms with Gasteiger partial charge in [-0.25, -0.2) is 13.6 Å². The number of aromatic amines is 1. The van der Waals surface area contributed by atoms with Crippen molar-refractivity contribution in [3.63, 3.8) is 0 Å². The van der Waals surface area contributed by atoms with E-state index in [4.69, 9.17) is 16.3 Å². The lowest BCUT2D eigenvalue weighted by Gasteiger charge is -2.42. The van der Waals surface area contributed by atoms with E-state index in [0.717, 1.165) is 11.8 Å². The molecule has 3 aromatic rings. The van der Waals surface area contributed by atoms with E-state index in [-0.39, 0.29) is 36.3 Å². The number of H-pyrrole nitrogens is 1. The van der Waals surface area contributed by atoms with Crippen molar-refractivity contribution in [2.24, 2.45) is 0 Å². The highest BCUT2D eigenvalue weighted by atomic mass is 35.5. The summed E-state index contributed by atoms with van der Waals surface area (Å²) in [6, 6.07) is 8.79. The number of piperidine rings is 1. The van der Waals surface area contributed by atoms with Gasteiger partial charge in [0.2, 0.25) is 5.60 Å². The number of pyridine rings is 1. The maximum absolute atomic E-state index is 14.5. The molecule has 2 aromatic heterocycles. The standard InChI is InChI=1S/C23H24ClF2N5O3/c1-13-10-19(30-29-13)27-18-7-6-17(25)21(28-18)34-23(22(32)33)8-9-31(14(2)11-23)12-15-4-3-5-16(24)20(15)26/h3-7,10,14H,8-9,11-12H2,1-2H3,(H,32,33)(H2,27,28,29,30)/t14-,23+/m1/s1. The van der Waals surface area contributed by atoms with Crippen LogP contribution in [0.15, 0.2) is 36.4 Å². The van der Waals surface area contributed by atoms with Gasteiger partial charge < -0.3 is 15.2 Å². The minimum absolute atomic E-state index is 0.0328. The fourth-order valence-corrected chi connectivity index (χ4v) is 4.26. The zero-order chi connectivity index (χ0) is 24.5. The number of anilines is 2. The molecule has 1 saturated heterocycles. The molecule has 0 unspecified atom stereocenters. The number of likely N-dealkylation sites (tertiary alicyclic amines) is 1. The molecule has 0 aliphatic carbocycles. The number of nitrogens with one attached hydrogen (secondary N) is 2. The van der Waals surface area contributed by atoms with Gasteiger partial charge >= 0.3 is 5.97 Å². The molecule has 34 heavy (non-hydrogen) atoms. The van der Waals surface area contributed by atoms with Crippen molar-refractivity contribution in [2.45, 2.75) is 44.9 Å². The zero-order valence-corrected chi connectivity index (χ0v) is 19.4. The van der Waals surface area contributed by atoms with Crippen LogP contribution in [0, 0.1) is 18.6 Å². The molecule has 0 bridgehead atoms. The van der Waals surface area contributed by atoms with Gasteiger partial charge in [0.1, 0.15) is 11.6 Å². The van der Waals surface area contributed by atoms with Gasteiger partial charge in [0.05, 0.1) is 5.02 Å². The SMILES string of the molecule is Cc1cc(Nc2ccc(F)c(O[C@@]3(C(=O)O)CCN(Cc4cccc(Cl)c4F)[C@H](C)C3)n2)n[nH]1. The highest BCUT2D eigenvalue weighted by Gasteiger charge is 2.47. The Labute approximate surface area is 199 Å². The fraction of sp³-hybridized carbons (Fsp3) is 0.348. The number of benzene rings is 1. The van der Waals surface area contributed by atoms with E-state index in [0.29, 0.717) is 17.9 Å². The summed E-state index contributed by atoms with van der Waals surface area (Å²) in [6.45, 7) is 4.21. The number of aliphatic carboxylic acids is 1. The Kier molecular flexibility index (Phi) is 6.72. The molecule has 8 nitrogen and oxygen atoms in total. The maximum atomic E-state index is 14.5. The first-order valence-corrected chi connectivity index (χ1v) is 11.1. The van der Waals surface area contributed by atoms with Crippen molar-refractivity contribution in [1.29, 1.82) is 0 Å². The van der Waals surface area contributed by atoms with Crippen LogP contribution in [0.1, 0.15) is 31.0 Å². The summed E-state index contributed by atoms with van der Waals surface area (Å²) in [5.74, 6) is -2.17. The highest BCUT2D eigenvalue weighted by molar-refractivity contribution is 6.30. The van der Waals surface area contributed by atoms with Gasteiger partial charge in [-0.1, -0.05) is 23.7 Å². The van der Waals surface area contributed by atoms with Crippen molar-refractivity contribution in [3.8, 4) is 5.88 Å². The molecule has 0 radical (unpaired) electrons. The monoisotopic (exact) mass is 491 g/mol. The molecule has 0 spiro atoms. The molecule has 4 rings (SSSR count). The van der Waals surface area contributed by atoms with Crippen molar-refractivity contribution in [2.75, 3.05) is 11.9 Å². The second-order valence-corrected chi connectivity index (χ2v) is 8.84. The van der Waals surface area contributed by atoms with E-state index in [2.05, 4.69) is 20.5 Å². The summed E-state index contributed by atoms with van der Waals surface area (Å²) in [6.07, 6.45) is 0.119. The van der Waals surface area contributed by atoms with Crippen molar-refractivity contribution < 1.29 is 23.4 Å². The molecule has 0 saturated carbocycles. The number of halogens is 3. The van der Waals surface area contributed by atoms with Gasteiger partial charge in [0.15, 0.2) is 11.6 Å². The second kappa shape index (κ2) is 9.55. The molecule has 3 N–H and O–H groups in total. The summed E-state index contributed by atoms with van der Waals surface area (Å²) >= 11 is 5.88. The van der Waals surface area contributed by atoms with Crippen LogP contribution in [0.25, 0.3) is 0 Å². The normalized spacial score (nSPS) is 20.8. The average Bonchev–Trinajstić information content (AvgIpc) is 3.20. The van der Waals surface area contributed by atoms with Crippen molar-refractivity contribution in [3.05, 3.63) is 64.3 Å². The predicted molar refractivity (Wildman–Crippen MR) is 122 cm³/mol. The van der Waals surface area contributed by atoms with Gasteiger partial charge in [-0.15, -0.1) is 0 Å². The summed E-state index contributed by atoms with van der Waals surface area (Å²) in [7, 11) is 0. The lowest BCUT2D eigenvalue weighted by molar-refractivity contribution is -0.162. The van der Waals surface area contributed by atoms with Crippen LogP contribution < -0.4 is 10.1 Å². The minimum Gasteiger partial charge on any atom is -0.478 e.